The Kier molecular flexibility index (Phi) is 4.56. The lowest BCUT2D eigenvalue weighted by atomic mass is 9.47. The van der Waals surface area contributed by atoms with Crippen LogP contribution in [0, 0.1) is 28.6 Å². The van der Waals surface area contributed by atoms with Crippen LogP contribution in [0.1, 0.15) is 58.8 Å². The Morgan fingerprint density at radius 1 is 1.04 bits per heavy atom. The van der Waals surface area contributed by atoms with Crippen molar-refractivity contribution in [3.05, 3.63) is 42.0 Å². The number of hydrogen-bond acceptors (Lipinski definition) is 3. The summed E-state index contributed by atoms with van der Waals surface area (Å²) >= 11 is 1.92. The van der Waals surface area contributed by atoms with Gasteiger partial charge in [-0.15, -0.1) is 11.8 Å². The minimum atomic E-state index is -0.120. The third kappa shape index (κ3) is 2.69. The van der Waals surface area contributed by atoms with E-state index in [0.717, 1.165) is 19.3 Å². The van der Waals surface area contributed by atoms with Crippen LogP contribution in [-0.2, 0) is 4.79 Å². The molecule has 0 heterocycles. The summed E-state index contributed by atoms with van der Waals surface area (Å²) in [6.45, 7) is 4.82. The second-order valence-electron chi connectivity index (χ2n) is 10.1. The smallest absolute Gasteiger partial charge is 0.156 e. The van der Waals surface area contributed by atoms with Gasteiger partial charge in [-0.1, -0.05) is 37.6 Å². The van der Waals surface area contributed by atoms with E-state index in [1.165, 1.54) is 29.7 Å². The highest BCUT2D eigenvalue weighted by Gasteiger charge is 2.60. The van der Waals surface area contributed by atoms with Gasteiger partial charge in [0.25, 0.3) is 0 Å². The summed E-state index contributed by atoms with van der Waals surface area (Å²) in [5.41, 5.74) is 1.64. The van der Waals surface area contributed by atoms with Gasteiger partial charge in [-0.2, -0.15) is 0 Å². The first-order valence-electron chi connectivity index (χ1n) is 11.1. The van der Waals surface area contributed by atoms with Crippen molar-refractivity contribution in [1.29, 1.82) is 0 Å². The third-order valence-electron chi connectivity index (χ3n) is 9.01. The molecule has 150 valence electrons. The van der Waals surface area contributed by atoms with Crippen LogP contribution in [0.5, 0.6) is 0 Å². The van der Waals surface area contributed by atoms with Crippen molar-refractivity contribution < 1.29 is 9.90 Å². The average molecular weight is 397 g/mol. The van der Waals surface area contributed by atoms with Gasteiger partial charge in [0, 0.05) is 22.0 Å². The van der Waals surface area contributed by atoms with Gasteiger partial charge in [0.15, 0.2) is 5.78 Å². The minimum absolute atomic E-state index is 0.103. The summed E-state index contributed by atoms with van der Waals surface area (Å²) in [5.74, 6) is 2.31. The number of thioether (sulfide) groups is 1. The maximum atomic E-state index is 12.6. The first kappa shape index (κ1) is 18.9. The van der Waals surface area contributed by atoms with E-state index in [2.05, 4.69) is 44.2 Å². The molecule has 3 saturated carbocycles. The van der Waals surface area contributed by atoms with Gasteiger partial charge in [-0.3, -0.25) is 4.79 Å². The predicted molar refractivity (Wildman–Crippen MR) is 114 cm³/mol. The predicted octanol–water partition coefficient (Wildman–Crippen LogP) is 5.65. The van der Waals surface area contributed by atoms with Gasteiger partial charge in [0.2, 0.25) is 0 Å². The number of rotatable bonds is 2. The number of hydrogen-bond donors (Lipinski definition) is 1. The van der Waals surface area contributed by atoms with Crippen molar-refractivity contribution in [1.82, 2.24) is 0 Å². The maximum Gasteiger partial charge on any atom is 0.156 e. The molecule has 1 aromatic rings. The number of carbonyl (C=O) groups excluding carboxylic acids is 1. The number of fused-ring (bicyclic) bond motifs is 5. The van der Waals surface area contributed by atoms with Crippen LogP contribution in [0.15, 0.2) is 46.9 Å². The van der Waals surface area contributed by atoms with Crippen LogP contribution >= 0.6 is 11.8 Å². The number of carbonyl (C=O) groups is 1. The molecule has 1 unspecified atom stereocenters. The molecule has 28 heavy (non-hydrogen) atoms. The first-order valence-corrected chi connectivity index (χ1v) is 11.9. The van der Waals surface area contributed by atoms with E-state index in [4.69, 9.17) is 0 Å². The topological polar surface area (TPSA) is 37.3 Å². The van der Waals surface area contributed by atoms with Gasteiger partial charge in [0.1, 0.15) is 0 Å². The van der Waals surface area contributed by atoms with E-state index in [0.29, 0.717) is 35.2 Å². The van der Waals surface area contributed by atoms with E-state index in [1.54, 1.807) is 0 Å². The summed E-state index contributed by atoms with van der Waals surface area (Å²) in [7, 11) is 0. The molecule has 1 aromatic carbocycles. The molecule has 1 N–H and O–H groups in total. The largest absolute Gasteiger partial charge is 0.393 e. The molecule has 3 heteroatoms. The fraction of sp³-hybridized carbons (Fsp3) is 0.640. The molecule has 2 nitrogen and oxygen atoms in total. The number of ketones is 1. The molecular formula is C25H32O2S. The number of allylic oxidation sites excluding steroid dienone is 1. The van der Waals surface area contributed by atoms with Gasteiger partial charge >= 0.3 is 0 Å². The standard InChI is InChI=1S/C25H32O2S/c1-24-13-12-21-19(20(24)10-11-22(24)27)9-8-16-14-17(26)15-23(25(16,21)2)28-18-6-4-3-5-7-18/h3-7,14,19-23,27H,8-13,15H2,1-2H3/t19-,20-,21-,22-,23?,24-,25-/m0/s1. The monoisotopic (exact) mass is 396 g/mol. The van der Waals surface area contributed by atoms with Crippen molar-refractivity contribution in [2.75, 3.05) is 0 Å². The minimum Gasteiger partial charge on any atom is -0.393 e. The molecule has 3 fully saturated rings. The van der Waals surface area contributed by atoms with Crippen LogP contribution in [0.4, 0.5) is 0 Å². The molecule has 0 aromatic heterocycles. The molecule has 4 aliphatic rings. The first-order chi connectivity index (χ1) is 13.4. The zero-order valence-electron chi connectivity index (χ0n) is 17.1. The van der Waals surface area contributed by atoms with Crippen molar-refractivity contribution >= 4 is 17.5 Å². The fourth-order valence-corrected chi connectivity index (χ4v) is 8.85. The second kappa shape index (κ2) is 6.74. The second-order valence-corrected chi connectivity index (χ2v) is 11.4. The van der Waals surface area contributed by atoms with E-state index in [-0.39, 0.29) is 16.9 Å². The number of benzene rings is 1. The van der Waals surface area contributed by atoms with Gasteiger partial charge in [-0.05, 0) is 79.9 Å². The van der Waals surface area contributed by atoms with Gasteiger partial charge in [-0.25, -0.2) is 0 Å². The molecule has 0 saturated heterocycles. The van der Waals surface area contributed by atoms with Crippen molar-refractivity contribution in [2.24, 2.45) is 28.6 Å². The highest BCUT2D eigenvalue weighted by Crippen LogP contribution is 2.66. The number of aliphatic hydroxyl groups excluding tert-OH is 1. The Morgan fingerprint density at radius 3 is 2.61 bits per heavy atom. The van der Waals surface area contributed by atoms with E-state index in [1.807, 2.05) is 17.8 Å². The van der Waals surface area contributed by atoms with Crippen LogP contribution < -0.4 is 0 Å². The van der Waals surface area contributed by atoms with Crippen molar-refractivity contribution in [2.45, 2.75) is 75.0 Å². The zero-order chi connectivity index (χ0) is 19.5. The number of aliphatic hydroxyl groups is 1. The van der Waals surface area contributed by atoms with Crippen LogP contribution in [-0.4, -0.2) is 22.2 Å². The van der Waals surface area contributed by atoms with Crippen LogP contribution in [0.2, 0.25) is 0 Å². The molecule has 0 amide bonds. The third-order valence-corrected chi connectivity index (χ3v) is 10.5. The van der Waals surface area contributed by atoms with Crippen LogP contribution in [0.3, 0.4) is 0 Å². The van der Waals surface area contributed by atoms with E-state index < -0.39 is 0 Å². The summed E-state index contributed by atoms with van der Waals surface area (Å²) in [6.07, 6.45) is 9.32. The molecule has 0 aliphatic heterocycles. The molecule has 0 radical (unpaired) electrons. The summed E-state index contributed by atoms with van der Waals surface area (Å²) < 4.78 is 0. The fourth-order valence-electron chi connectivity index (χ4n) is 7.39. The molecule has 4 aliphatic carbocycles. The molecule has 0 spiro atoms. The molecule has 5 rings (SSSR count). The summed E-state index contributed by atoms with van der Waals surface area (Å²) in [5, 5.41) is 11.0. The SMILES string of the molecule is C[C@]12CC[C@H]3[C@@H](CCC4=CC(=O)CC(Sc5ccccc5)[C@@]43C)[C@@H]1CC[C@@H]2O. The average Bonchev–Trinajstić information content (AvgIpc) is 2.99. The highest BCUT2D eigenvalue weighted by atomic mass is 32.2. The Bertz CT molecular complexity index is 802. The lowest BCUT2D eigenvalue weighted by molar-refractivity contribution is -0.117. The zero-order valence-corrected chi connectivity index (χ0v) is 17.9. The normalized spacial score (nSPS) is 45.0. The molecular weight excluding hydrogens is 364 g/mol. The highest BCUT2D eigenvalue weighted by molar-refractivity contribution is 8.00. The lowest BCUT2D eigenvalue weighted by Crippen LogP contribution is -2.54. The van der Waals surface area contributed by atoms with Gasteiger partial charge in [0.05, 0.1) is 6.10 Å². The van der Waals surface area contributed by atoms with E-state index in [9.17, 15) is 9.90 Å². The summed E-state index contributed by atoms with van der Waals surface area (Å²) in [4.78, 5) is 13.9. The quantitative estimate of drug-likeness (QED) is 0.702. The molecule has 0 bridgehead atoms. The Morgan fingerprint density at radius 2 is 1.82 bits per heavy atom. The molecule has 7 atom stereocenters. The Labute approximate surface area is 173 Å². The Balaban J connectivity index is 1.51. The van der Waals surface area contributed by atoms with Crippen LogP contribution in [0.25, 0.3) is 0 Å². The van der Waals surface area contributed by atoms with Gasteiger partial charge < -0.3 is 5.11 Å². The summed E-state index contributed by atoms with van der Waals surface area (Å²) in [6, 6.07) is 10.6. The Hall–Kier alpha value is -1.06. The van der Waals surface area contributed by atoms with Crippen molar-refractivity contribution in [3.8, 4) is 0 Å². The van der Waals surface area contributed by atoms with E-state index >= 15 is 0 Å². The lowest BCUT2D eigenvalue weighted by Gasteiger charge is -2.59. The van der Waals surface area contributed by atoms with Crippen molar-refractivity contribution in [3.63, 3.8) is 0 Å². The maximum absolute atomic E-state index is 12.6.